The van der Waals surface area contributed by atoms with Crippen LogP contribution in [0.2, 0.25) is 5.02 Å². The maximum atomic E-state index is 13.5. The van der Waals surface area contributed by atoms with Crippen LogP contribution in [0.15, 0.2) is 36.4 Å². The standard InChI is InChI=1S/C34H39ClN2O6/c1-32(2,3)43-28(38)21-41-17-16-40-15-9-10-22-11-13-25-23(18-22)20-37(29(25)39)30-33(4,5)31(34(30,6)7)42-24-12-14-27(36-8)26(35)19-24/h11-14,18-19,30-31H,15-17,20-21H2,1-7H3. The van der Waals surface area contributed by atoms with Gasteiger partial charge >= 0.3 is 5.97 Å². The van der Waals surface area contributed by atoms with Crippen molar-refractivity contribution in [3.05, 3.63) is 69.5 Å². The molecule has 1 fully saturated rings. The molecule has 0 aromatic heterocycles. The lowest BCUT2D eigenvalue weighted by atomic mass is 9.49. The van der Waals surface area contributed by atoms with Gasteiger partial charge in [0.1, 0.15) is 30.7 Å². The zero-order chi connectivity index (χ0) is 31.6. The Bertz CT molecular complexity index is 1470. The van der Waals surface area contributed by atoms with Gasteiger partial charge in [-0.05, 0) is 56.7 Å². The van der Waals surface area contributed by atoms with Crippen molar-refractivity contribution >= 4 is 29.2 Å². The van der Waals surface area contributed by atoms with E-state index in [1.165, 1.54) is 0 Å². The number of hydrogen-bond donors (Lipinski definition) is 0. The van der Waals surface area contributed by atoms with E-state index in [0.717, 1.165) is 11.1 Å². The number of hydrogen-bond acceptors (Lipinski definition) is 6. The fraction of sp³-hybridized carbons (Fsp3) is 0.500. The molecule has 1 saturated carbocycles. The minimum absolute atomic E-state index is 0.0123. The molecule has 0 saturated heterocycles. The van der Waals surface area contributed by atoms with Gasteiger partial charge in [0, 0.05) is 34.5 Å². The zero-order valence-electron chi connectivity index (χ0n) is 25.9. The van der Waals surface area contributed by atoms with E-state index in [2.05, 4.69) is 44.4 Å². The SMILES string of the molecule is [C-]#[N+]c1ccc(OC2C(C)(C)C(N3Cc4cc(C#CCOCCOCC(=O)OC(C)(C)C)ccc4C3=O)C2(C)C)cc1Cl. The lowest BCUT2D eigenvalue weighted by molar-refractivity contribution is -0.199. The topological polar surface area (TPSA) is 78.7 Å². The molecule has 1 amide bonds. The van der Waals surface area contributed by atoms with E-state index in [1.807, 2.05) is 23.1 Å². The summed E-state index contributed by atoms with van der Waals surface area (Å²) in [6.45, 7) is 22.3. The molecule has 1 heterocycles. The lowest BCUT2D eigenvalue weighted by Crippen LogP contribution is -2.74. The van der Waals surface area contributed by atoms with Crippen molar-refractivity contribution in [1.82, 2.24) is 4.90 Å². The molecule has 0 radical (unpaired) electrons. The van der Waals surface area contributed by atoms with Gasteiger partial charge < -0.3 is 23.8 Å². The molecule has 2 aromatic carbocycles. The monoisotopic (exact) mass is 606 g/mol. The van der Waals surface area contributed by atoms with Crippen molar-refractivity contribution in [2.24, 2.45) is 10.8 Å². The first-order chi connectivity index (χ1) is 20.1. The molecule has 8 nitrogen and oxygen atoms in total. The number of carbonyl (C=O) groups excluding carboxylic acids is 2. The van der Waals surface area contributed by atoms with Crippen LogP contribution in [0, 0.1) is 29.2 Å². The number of carbonyl (C=O) groups is 2. The second-order valence-corrected chi connectivity index (χ2v) is 13.5. The number of benzene rings is 2. The molecule has 2 aromatic rings. The number of ether oxygens (including phenoxy) is 4. The molecule has 0 unspecified atom stereocenters. The first-order valence-electron chi connectivity index (χ1n) is 14.3. The highest BCUT2D eigenvalue weighted by Gasteiger charge is 2.66. The van der Waals surface area contributed by atoms with E-state index < -0.39 is 11.6 Å². The van der Waals surface area contributed by atoms with Crippen molar-refractivity contribution < 1.29 is 28.5 Å². The van der Waals surface area contributed by atoms with Crippen molar-refractivity contribution in [1.29, 1.82) is 0 Å². The van der Waals surface area contributed by atoms with Crippen LogP contribution >= 0.6 is 11.6 Å². The Kier molecular flexibility index (Phi) is 9.47. The quantitative estimate of drug-likeness (QED) is 0.141. The maximum Gasteiger partial charge on any atom is 0.332 e. The van der Waals surface area contributed by atoms with Crippen LogP contribution in [-0.2, 0) is 25.5 Å². The second kappa shape index (κ2) is 12.6. The Morgan fingerprint density at radius 2 is 1.79 bits per heavy atom. The summed E-state index contributed by atoms with van der Waals surface area (Å²) in [7, 11) is 0. The van der Waals surface area contributed by atoms with E-state index >= 15 is 0 Å². The van der Waals surface area contributed by atoms with E-state index in [-0.39, 0.29) is 48.7 Å². The highest BCUT2D eigenvalue weighted by Crippen LogP contribution is 2.59. The van der Waals surface area contributed by atoms with Crippen molar-refractivity contribution in [3.63, 3.8) is 0 Å². The van der Waals surface area contributed by atoms with Gasteiger partial charge in [-0.2, -0.15) is 0 Å². The van der Waals surface area contributed by atoms with Crippen LogP contribution in [0.25, 0.3) is 4.85 Å². The van der Waals surface area contributed by atoms with Crippen LogP contribution in [0.1, 0.15) is 70.0 Å². The summed E-state index contributed by atoms with van der Waals surface area (Å²) in [5.41, 5.74) is 1.64. The predicted molar refractivity (Wildman–Crippen MR) is 164 cm³/mol. The Morgan fingerprint density at radius 1 is 1.09 bits per heavy atom. The summed E-state index contributed by atoms with van der Waals surface area (Å²) in [5, 5.41) is 0.360. The normalized spacial score (nSPS) is 19.9. The number of fused-ring (bicyclic) bond motifs is 1. The molecular weight excluding hydrogens is 568 g/mol. The van der Waals surface area contributed by atoms with Crippen LogP contribution in [0.5, 0.6) is 5.75 Å². The van der Waals surface area contributed by atoms with Gasteiger partial charge in [-0.15, -0.1) is 0 Å². The molecule has 0 bridgehead atoms. The molecule has 1 aliphatic heterocycles. The molecule has 0 N–H and O–H groups in total. The number of nitrogens with zero attached hydrogens (tertiary/aromatic N) is 2. The summed E-state index contributed by atoms with van der Waals surface area (Å²) in [6, 6.07) is 10.7. The molecule has 4 rings (SSSR count). The molecule has 0 spiro atoms. The van der Waals surface area contributed by atoms with E-state index in [0.29, 0.717) is 35.2 Å². The Balaban J connectivity index is 1.31. The number of esters is 1. The third-order valence-corrected chi connectivity index (χ3v) is 8.03. The van der Waals surface area contributed by atoms with Gasteiger partial charge in [0.2, 0.25) is 5.69 Å². The van der Waals surface area contributed by atoms with E-state index in [1.54, 1.807) is 39.0 Å². The third kappa shape index (κ3) is 7.16. The zero-order valence-corrected chi connectivity index (χ0v) is 26.6. The number of rotatable bonds is 9. The summed E-state index contributed by atoms with van der Waals surface area (Å²) < 4.78 is 22.4. The first-order valence-corrected chi connectivity index (χ1v) is 14.7. The Labute approximate surface area is 259 Å². The largest absolute Gasteiger partial charge is 0.489 e. The molecule has 0 atom stereocenters. The van der Waals surface area contributed by atoms with Crippen LogP contribution in [0.4, 0.5) is 5.69 Å². The number of amides is 1. The van der Waals surface area contributed by atoms with Crippen LogP contribution < -0.4 is 4.74 Å². The molecule has 2 aliphatic rings. The second-order valence-electron chi connectivity index (χ2n) is 13.1. The summed E-state index contributed by atoms with van der Waals surface area (Å²) in [4.78, 5) is 30.6. The summed E-state index contributed by atoms with van der Waals surface area (Å²) in [5.74, 6) is 6.32. The van der Waals surface area contributed by atoms with Crippen molar-refractivity contribution in [3.8, 4) is 17.6 Å². The van der Waals surface area contributed by atoms with Gasteiger partial charge in [-0.1, -0.05) is 57.2 Å². The fourth-order valence-corrected chi connectivity index (χ4v) is 6.75. The van der Waals surface area contributed by atoms with Gasteiger partial charge in [0.15, 0.2) is 0 Å². The number of halogens is 1. The minimum atomic E-state index is -0.539. The highest BCUT2D eigenvalue weighted by atomic mass is 35.5. The van der Waals surface area contributed by atoms with Gasteiger partial charge in [0.25, 0.3) is 5.91 Å². The predicted octanol–water partition coefficient (Wildman–Crippen LogP) is 6.46. The highest BCUT2D eigenvalue weighted by molar-refractivity contribution is 6.33. The van der Waals surface area contributed by atoms with Gasteiger partial charge in [0.05, 0.1) is 24.8 Å². The molecule has 228 valence electrons. The van der Waals surface area contributed by atoms with Crippen molar-refractivity contribution in [2.75, 3.05) is 26.4 Å². The fourth-order valence-electron chi connectivity index (χ4n) is 6.54. The molecule has 9 heteroatoms. The smallest absolute Gasteiger partial charge is 0.332 e. The van der Waals surface area contributed by atoms with E-state index in [9.17, 15) is 9.59 Å². The average molecular weight is 607 g/mol. The minimum Gasteiger partial charge on any atom is -0.489 e. The average Bonchev–Trinajstić information content (AvgIpc) is 3.21. The first kappa shape index (κ1) is 32.4. The third-order valence-electron chi connectivity index (χ3n) is 7.72. The van der Waals surface area contributed by atoms with Gasteiger partial charge in [-0.3, -0.25) is 4.79 Å². The van der Waals surface area contributed by atoms with Gasteiger partial charge in [-0.25, -0.2) is 9.64 Å². The van der Waals surface area contributed by atoms with Crippen LogP contribution in [0.3, 0.4) is 0 Å². The summed E-state index contributed by atoms with van der Waals surface area (Å²) >= 11 is 6.24. The lowest BCUT2D eigenvalue weighted by Gasteiger charge is -2.65. The Morgan fingerprint density at radius 3 is 2.44 bits per heavy atom. The molecule has 43 heavy (non-hydrogen) atoms. The van der Waals surface area contributed by atoms with Crippen LogP contribution in [-0.4, -0.2) is 61.0 Å². The maximum absolute atomic E-state index is 13.5. The Hall–Kier alpha value is -3.56. The molecule has 1 aliphatic carbocycles. The van der Waals surface area contributed by atoms with Crippen molar-refractivity contribution in [2.45, 2.75) is 72.8 Å². The summed E-state index contributed by atoms with van der Waals surface area (Å²) in [6.07, 6.45) is -0.166. The van der Waals surface area contributed by atoms with E-state index in [4.69, 9.17) is 37.1 Å². The molecular formula is C34H39ClN2O6.